The molecule has 4 aromatic rings. The zero-order valence-corrected chi connectivity index (χ0v) is 63.9. The molecule has 8 aliphatic rings. The van der Waals surface area contributed by atoms with E-state index in [9.17, 15) is 53.4 Å². The third-order valence-corrected chi connectivity index (χ3v) is 15.2. The summed E-state index contributed by atoms with van der Waals surface area (Å²) in [7, 11) is -2.22. The van der Waals surface area contributed by atoms with E-state index in [2.05, 4.69) is 0 Å². The molecular weight excluding hydrogens is 1520 g/mol. The summed E-state index contributed by atoms with van der Waals surface area (Å²) >= 11 is 0. The summed E-state index contributed by atoms with van der Waals surface area (Å²) in [6, 6.07) is -46.9. The van der Waals surface area contributed by atoms with E-state index in [4.69, 9.17) is 198 Å². The Kier molecular flexibility index (Phi) is 9.61. The van der Waals surface area contributed by atoms with Gasteiger partial charge in [-0.2, -0.15) is 0 Å². The van der Waals surface area contributed by atoms with Crippen molar-refractivity contribution in [2.75, 3.05) is 109 Å². The molecule has 0 radical (unpaired) electrons. The Morgan fingerprint density at radius 3 is 0.858 bits per heavy atom. The molecule has 0 aromatic heterocycles. The molecule has 8 N–H and O–H groups in total. The highest BCUT2D eigenvalue weighted by Gasteiger charge is 2.47. The lowest BCUT2D eigenvalue weighted by atomic mass is 9.79. The average Bonchev–Trinajstić information content (AvgIpc) is 0.631. The van der Waals surface area contributed by atoms with Gasteiger partial charge in [0.2, 0.25) is 0 Å². The lowest BCUT2D eigenvalue weighted by molar-refractivity contribution is -0.161. The minimum Gasteiger partial charge on any atom is -0.493 e. The molecule has 24 heteroatoms. The SMILES string of the molecule is [2H]c1c(OC([2H])([2H])[2H])c(OC)c([2H])c2c1C([2H])([2H])C([2H])([2H])N1C([2H])([2H])C([2H])(C([2H])([2H])C([2H])(C)C([2H])([2H])[2H])C(OC(=O)[C@@]([2H])(N)C([2H])(C([2H])([2H])[2H])C([2H])([2H])[2H])C([2H])([2H])C21[2H].[2H]c1c(OC([2H])([2H])[2H])c(OC)c([2H])c2c1C([2H])([2H])C([2H])([2H])N1C([2H])([2H])C([2H])(C([2H])([2H])C([2H])(C)C([2H])([2H])[2H])C(OC(=O)[C@@]([2H])(N)C([2H])(C([2H])([2H])[2H])C([2H])([2H])[2H])C([2H])([2H])C21[2H].[2H]c1c(OC)c(OC)c([2H])c2c1C([2H])([2H])C([2H])([2H])N1C([2H])([2H])C([2H])(C([2H])([2H])C([2H])(C)C([2H])([2H])[2H])C(OC(=O)[C@@]([2H])(N)C([2H])(C([2H])([2H])[2H])C([2H])([2H])[2H])C([2H])([2H])C21[2H].[2H]c1c(OC)c(OC)c([2H])c2c1C([2H])([2H])C([2H])([2H])N1C([2H])([2H])C([2H])(C([2H])([2H])C([2H])(C)C([2H])([2H])[2H])C([2H])(OC(=O)[C@@]([2H])(N)C([2H])(C([2H])([2H])[2H])C([2H])([2H])[2H])C([2H])([2H])C21[2H]. The lowest BCUT2D eigenvalue weighted by Gasteiger charge is -2.47. The zero-order chi connectivity index (χ0) is 185. The van der Waals surface area contributed by atoms with Crippen molar-refractivity contribution in [1.29, 1.82) is 0 Å². The van der Waals surface area contributed by atoms with Crippen molar-refractivity contribution in [2.45, 2.75) is 259 Å². The van der Waals surface area contributed by atoms with Gasteiger partial charge in [0.15, 0.2) is 46.0 Å². The van der Waals surface area contributed by atoms with Crippen LogP contribution in [-0.4, -0.2) is 201 Å². The van der Waals surface area contributed by atoms with Gasteiger partial charge in [-0.25, -0.2) is 0 Å². The number of rotatable bonds is 28. The summed E-state index contributed by atoms with van der Waals surface area (Å²) in [6.07, 6.45) is -70.2. The fourth-order valence-corrected chi connectivity index (χ4v) is 9.96. The third-order valence-electron chi connectivity index (χ3n) is 15.2. The Labute approximate surface area is 874 Å². The molecule has 4 fully saturated rings. The average molecular weight is 1790 g/mol. The number of carbonyl (C=O) groups is 4. The first-order valence-electron chi connectivity index (χ1n) is 88.6. The molecule has 0 bridgehead atoms. The van der Waals surface area contributed by atoms with E-state index in [1.165, 1.54) is 0 Å². The molecule has 20 atom stereocenters. The molecule has 672 valence electrons. The van der Waals surface area contributed by atoms with Crippen LogP contribution < -0.4 is 60.8 Å². The van der Waals surface area contributed by atoms with E-state index in [-0.39, 0.29) is 27.7 Å². The van der Waals surface area contributed by atoms with Gasteiger partial charge in [0.1, 0.15) is 48.5 Å². The van der Waals surface area contributed by atoms with Crippen molar-refractivity contribution >= 4 is 23.9 Å². The highest BCUT2D eigenvalue weighted by atomic mass is 16.6. The fourth-order valence-electron chi connectivity index (χ4n) is 9.96. The van der Waals surface area contributed by atoms with Crippen molar-refractivity contribution in [2.24, 2.45) is 93.7 Å². The van der Waals surface area contributed by atoms with Crippen LogP contribution in [0.25, 0.3) is 0 Å². The van der Waals surface area contributed by atoms with Crippen LogP contribution in [0.1, 0.15) is 382 Å². The summed E-state index contributed by atoms with van der Waals surface area (Å²) in [5.74, 6) is -73.1. The molecule has 0 amide bonds. The summed E-state index contributed by atoms with van der Waals surface area (Å²) in [5.41, 5.74) is 9.87. The van der Waals surface area contributed by atoms with Crippen LogP contribution in [-0.2, 0) is 63.6 Å². The van der Waals surface area contributed by atoms with Crippen LogP contribution in [0, 0.1) is 70.7 Å². The van der Waals surface area contributed by atoms with Gasteiger partial charge >= 0.3 is 23.9 Å². The van der Waals surface area contributed by atoms with Crippen LogP contribution in [0.2, 0.25) is 0 Å². The highest BCUT2D eigenvalue weighted by Crippen LogP contribution is 2.50. The van der Waals surface area contributed by atoms with Gasteiger partial charge in [-0.3, -0.25) is 38.8 Å². The van der Waals surface area contributed by atoms with Gasteiger partial charge < -0.3 is 79.8 Å². The first-order chi connectivity index (χ1) is 100. The minimum atomic E-state index is -5.18. The number of nitrogens with two attached hydrogens (primary N) is 4. The van der Waals surface area contributed by atoms with E-state index in [1.807, 2.05) is 0 Å². The van der Waals surface area contributed by atoms with E-state index in [0.717, 1.165) is 28.4 Å². The van der Waals surface area contributed by atoms with Crippen molar-refractivity contribution in [1.82, 2.24) is 19.6 Å². The lowest BCUT2D eigenvalue weighted by Crippen LogP contribution is -2.51. The van der Waals surface area contributed by atoms with Crippen LogP contribution in [0.5, 0.6) is 46.0 Å². The van der Waals surface area contributed by atoms with Gasteiger partial charge in [-0.05, 0) is 191 Å². The van der Waals surface area contributed by atoms with Crippen LogP contribution in [0.15, 0.2) is 48.3 Å². The molecule has 16 unspecified atom stereocenters. The van der Waals surface area contributed by atoms with Crippen molar-refractivity contribution < 1.29 is 228 Å². The Balaban J connectivity index is 0.000000330. The quantitative estimate of drug-likeness (QED) is 0.0303. The van der Waals surface area contributed by atoms with E-state index in [0.29, 0.717) is 14.2 Å². The minimum absolute atomic E-state index is 0.174. The zero-order valence-electron chi connectivity index (χ0n) is 175. The molecule has 8 aliphatic heterocycles. The molecule has 24 nitrogen and oxygen atoms in total. The molecule has 0 aliphatic carbocycles. The molecule has 0 saturated carbocycles. The molecule has 12 rings (SSSR count). The first-order valence-corrected chi connectivity index (χ1v) is 33.1. The Morgan fingerprint density at radius 2 is 0.608 bits per heavy atom. The predicted molar refractivity (Wildman–Crippen MR) is 471 cm³/mol. The first kappa shape index (κ1) is 26.3. The Bertz CT molecular complexity index is 9080. The van der Waals surface area contributed by atoms with Crippen molar-refractivity contribution in [3.05, 3.63) is 92.8 Å². The number of piperidine rings is 4. The standard InChI is InChI=1S/4C24H38N2O4/c4*1-14(2)9-17-13-26-8-7-16-10-21(28-5)22(29-6)11-18(16)19(26)12-20(17)30-24(27)23(25)15(3)4/h4*10-11,14-15,17,19-20,23H,7-9,12-13,25H2,1-6H3/t4*17?,19?,20?,23-/m0000/s1/i1D3,3D3,4D3,7D2,8D2,9D2,10D,11D,12D2,13D2,14D,15D,17D,19D,20D,23D;2*1D3,3D3,4D3,5D3,7D2,8D2,9D2,10D,11D,12D2,13D2,14D,15D,17D,19D,23D;1D3,3D3,4D3,7D2,8D2,9D2,10D,11D,12D2,13D2,14D,15D,17D,19D,23D/t4*14?,17?,19?,20?,23-. The van der Waals surface area contributed by atoms with Gasteiger partial charge in [0.05, 0.1) is 88.3 Å². The molecule has 0 spiro atoms. The molecule has 120 heavy (non-hydrogen) atoms. The molecular formula is C96H152N8O16. The van der Waals surface area contributed by atoms with Crippen LogP contribution >= 0.6 is 0 Å². The number of benzene rings is 4. The van der Waals surface area contributed by atoms with E-state index >= 15 is 0 Å². The second kappa shape index (κ2) is 43.9. The summed E-state index contributed by atoms with van der Waals surface area (Å²) in [6.45, 7) is -85.8. The predicted octanol–water partition coefficient (Wildman–Crippen LogP) is 14.3. The smallest absolute Gasteiger partial charge is 0.323 e. The fraction of sp³-hybridized carbons (Fsp3) is 0.708. The van der Waals surface area contributed by atoms with Gasteiger partial charge in [0, 0.05) is 246 Å². The van der Waals surface area contributed by atoms with E-state index < -0.39 is 550 Å². The molecule has 8 heterocycles. The van der Waals surface area contributed by atoms with Gasteiger partial charge in [0.25, 0.3) is 0 Å². The second-order valence-electron chi connectivity index (χ2n) is 23.6. The number of methoxy groups -OCH3 is 8. The van der Waals surface area contributed by atoms with Crippen molar-refractivity contribution in [3.63, 3.8) is 0 Å². The largest absolute Gasteiger partial charge is 0.493 e. The van der Waals surface area contributed by atoms with Gasteiger partial charge in [-0.1, -0.05) is 110 Å². The highest BCUT2D eigenvalue weighted by molar-refractivity contribution is 5.77. The summed E-state index contributed by atoms with van der Waals surface area (Å²) in [4.78, 5) is 52.8. The van der Waals surface area contributed by atoms with Crippen molar-refractivity contribution in [3.8, 4) is 46.0 Å². The second-order valence-corrected chi connectivity index (χ2v) is 23.6. The monoisotopic (exact) mass is 1780 g/mol. The van der Waals surface area contributed by atoms with Crippen LogP contribution in [0.3, 0.4) is 0 Å². The maximum atomic E-state index is 14.0. The number of fused-ring (bicyclic) bond motifs is 12. The number of ether oxygens (including phenoxy) is 12. The third kappa shape index (κ3) is 23.8. The summed E-state index contributed by atoms with van der Waals surface area (Å²) in [5, 5.41) is 0. The maximum absolute atomic E-state index is 14.0. The van der Waals surface area contributed by atoms with Gasteiger partial charge in [-0.15, -0.1) is 0 Å². The number of hydrogen-bond acceptors (Lipinski definition) is 24. The molecule has 4 saturated heterocycles. The Morgan fingerprint density at radius 1 is 0.375 bits per heavy atom. The topological polar surface area (TPSA) is 296 Å². The summed E-state index contributed by atoms with van der Waals surface area (Å²) < 4.78 is 1000. The number of hydrogen-bond donors (Lipinski definition) is 4. The number of esters is 4. The maximum Gasteiger partial charge on any atom is 0.323 e. The normalized spacial score (nSPS) is 56.0. The molecule has 4 aromatic carbocycles. The Hall–Kier alpha value is -7.16. The number of carbonyl (C=O) groups excluding carboxylic acids is 4. The van der Waals surface area contributed by atoms with Crippen LogP contribution in [0.4, 0.5) is 0 Å². The van der Waals surface area contributed by atoms with E-state index in [1.54, 1.807) is 0 Å². The number of nitrogens with zero attached hydrogens (tertiary/aromatic N) is 4.